The van der Waals surface area contributed by atoms with E-state index in [1.54, 1.807) is 12.1 Å². The van der Waals surface area contributed by atoms with Crippen molar-refractivity contribution in [3.8, 4) is 0 Å². The lowest BCUT2D eigenvalue weighted by atomic mass is 10.0. The van der Waals surface area contributed by atoms with Gasteiger partial charge < -0.3 is 10.2 Å². The Labute approximate surface area is 253 Å². The summed E-state index contributed by atoms with van der Waals surface area (Å²) < 4.78 is 27.4. The third kappa shape index (κ3) is 6.62. The molecular formula is C32H40N4O4S2. The maximum Gasteiger partial charge on any atom is 0.257 e. The minimum Gasteiger partial charge on any atom is -0.339 e. The largest absolute Gasteiger partial charge is 0.339 e. The Balaban J connectivity index is 1.40. The molecule has 42 heavy (non-hydrogen) atoms. The molecule has 0 saturated carbocycles. The number of rotatable bonds is 11. The van der Waals surface area contributed by atoms with E-state index in [4.69, 9.17) is 0 Å². The van der Waals surface area contributed by atoms with Crippen molar-refractivity contribution in [2.75, 3.05) is 38.0 Å². The third-order valence-electron chi connectivity index (χ3n) is 7.92. The predicted molar refractivity (Wildman–Crippen MR) is 167 cm³/mol. The van der Waals surface area contributed by atoms with Crippen LogP contribution in [0.5, 0.6) is 0 Å². The normalized spacial score (nSPS) is 15.9. The fraction of sp³-hybridized carbons (Fsp3) is 0.438. The Hall–Kier alpha value is -3.05. The van der Waals surface area contributed by atoms with Crippen molar-refractivity contribution in [2.45, 2.75) is 63.9 Å². The van der Waals surface area contributed by atoms with E-state index in [0.717, 1.165) is 62.2 Å². The van der Waals surface area contributed by atoms with Crippen LogP contribution >= 0.6 is 11.3 Å². The molecule has 0 unspecified atom stereocenters. The number of thiophene rings is 1. The number of nitrogens with zero attached hydrogens (tertiary/aromatic N) is 3. The van der Waals surface area contributed by atoms with Crippen LogP contribution in [0, 0.1) is 0 Å². The van der Waals surface area contributed by atoms with Crippen molar-refractivity contribution in [2.24, 2.45) is 0 Å². The molecule has 0 atom stereocenters. The van der Waals surface area contributed by atoms with Crippen LogP contribution in [0.1, 0.15) is 76.3 Å². The maximum absolute atomic E-state index is 13.9. The Morgan fingerprint density at radius 2 is 1.60 bits per heavy atom. The zero-order chi connectivity index (χ0) is 29.7. The van der Waals surface area contributed by atoms with Crippen LogP contribution in [0.25, 0.3) is 0 Å². The summed E-state index contributed by atoms with van der Waals surface area (Å²) in [4.78, 5) is 33.0. The monoisotopic (exact) mass is 608 g/mol. The van der Waals surface area contributed by atoms with Gasteiger partial charge in [0.2, 0.25) is 10.0 Å². The van der Waals surface area contributed by atoms with Crippen molar-refractivity contribution >= 4 is 38.2 Å². The second-order valence-electron chi connectivity index (χ2n) is 11.0. The molecule has 0 spiro atoms. The maximum atomic E-state index is 13.9. The average Bonchev–Trinajstić information content (AvgIpc) is 3.66. The molecule has 2 aliphatic rings. The first kappa shape index (κ1) is 30.4. The topological polar surface area (TPSA) is 90.0 Å². The molecule has 1 saturated heterocycles. The van der Waals surface area contributed by atoms with E-state index in [1.807, 2.05) is 23.1 Å². The van der Waals surface area contributed by atoms with Gasteiger partial charge in [0, 0.05) is 56.3 Å². The molecule has 224 valence electrons. The quantitative estimate of drug-likeness (QED) is 0.306. The van der Waals surface area contributed by atoms with E-state index in [2.05, 4.69) is 36.2 Å². The highest BCUT2D eigenvalue weighted by Crippen LogP contribution is 2.39. The first-order valence-electron chi connectivity index (χ1n) is 14.9. The molecule has 2 aromatic carbocycles. The van der Waals surface area contributed by atoms with Gasteiger partial charge in [-0.2, -0.15) is 4.31 Å². The number of anilines is 1. The minimum absolute atomic E-state index is 0.0323. The summed E-state index contributed by atoms with van der Waals surface area (Å²) in [6.45, 7) is 8.90. The summed E-state index contributed by atoms with van der Waals surface area (Å²) in [6.07, 6.45) is 4.19. The molecule has 1 aromatic heterocycles. The van der Waals surface area contributed by atoms with Crippen LogP contribution in [0.3, 0.4) is 0 Å². The Morgan fingerprint density at radius 1 is 0.929 bits per heavy atom. The number of benzene rings is 2. The van der Waals surface area contributed by atoms with E-state index >= 15 is 0 Å². The van der Waals surface area contributed by atoms with E-state index in [9.17, 15) is 18.0 Å². The Bertz CT molecular complexity index is 1490. The van der Waals surface area contributed by atoms with Crippen LogP contribution in [0.4, 0.5) is 5.00 Å². The van der Waals surface area contributed by atoms with Gasteiger partial charge in [-0.3, -0.25) is 14.5 Å². The van der Waals surface area contributed by atoms with Crippen molar-refractivity contribution in [1.29, 1.82) is 0 Å². The summed E-state index contributed by atoms with van der Waals surface area (Å²) in [5.41, 5.74) is 3.24. The molecule has 8 nitrogen and oxygen atoms in total. The molecule has 3 aromatic rings. The van der Waals surface area contributed by atoms with Crippen LogP contribution in [0.2, 0.25) is 0 Å². The number of fused-ring (bicyclic) bond motifs is 1. The zero-order valence-corrected chi connectivity index (χ0v) is 26.1. The lowest BCUT2D eigenvalue weighted by molar-refractivity contribution is 0.0755. The summed E-state index contributed by atoms with van der Waals surface area (Å²) >= 11 is 1.48. The fourth-order valence-corrected chi connectivity index (χ4v) is 8.59. The number of hydrogen-bond acceptors (Lipinski definition) is 6. The lowest BCUT2D eigenvalue weighted by Gasteiger charge is -2.28. The number of carbonyl (C=O) groups is 2. The minimum atomic E-state index is -3.56. The average molecular weight is 609 g/mol. The molecule has 2 amide bonds. The second kappa shape index (κ2) is 13.5. The molecular weight excluding hydrogens is 569 g/mol. The number of nitrogens with one attached hydrogen (secondary N) is 1. The first-order valence-corrected chi connectivity index (χ1v) is 17.2. The van der Waals surface area contributed by atoms with Gasteiger partial charge in [0.1, 0.15) is 5.00 Å². The van der Waals surface area contributed by atoms with Crippen molar-refractivity contribution in [3.05, 3.63) is 81.7 Å². The van der Waals surface area contributed by atoms with Crippen LogP contribution in [-0.4, -0.2) is 67.1 Å². The molecule has 1 N–H and O–H groups in total. The summed E-state index contributed by atoms with van der Waals surface area (Å²) in [5.74, 6) is -0.387. The molecule has 0 bridgehead atoms. The van der Waals surface area contributed by atoms with Gasteiger partial charge in [-0.25, -0.2) is 8.42 Å². The van der Waals surface area contributed by atoms with Gasteiger partial charge in [0.05, 0.1) is 10.5 Å². The lowest BCUT2D eigenvalue weighted by Crippen LogP contribution is -2.35. The van der Waals surface area contributed by atoms with Crippen molar-refractivity contribution < 1.29 is 18.0 Å². The number of carbonyl (C=O) groups excluding carboxylic acids is 2. The van der Waals surface area contributed by atoms with Gasteiger partial charge in [-0.05, 0) is 67.5 Å². The molecule has 0 radical (unpaired) electrons. The SMILES string of the molecule is CCCN(CCC)C(=O)c1c(NC(=O)c2ccc(S(=O)(=O)N3CCCC3)cc2)sc2c1CCN(Cc1ccccc1)C2. The van der Waals surface area contributed by atoms with E-state index < -0.39 is 10.0 Å². The summed E-state index contributed by atoms with van der Waals surface area (Å²) in [6, 6.07) is 16.5. The first-order chi connectivity index (χ1) is 20.3. The van der Waals surface area contributed by atoms with Gasteiger partial charge in [-0.1, -0.05) is 44.2 Å². The zero-order valence-electron chi connectivity index (χ0n) is 24.5. The molecule has 1 fully saturated rings. The van der Waals surface area contributed by atoms with Crippen LogP contribution in [0.15, 0.2) is 59.5 Å². The van der Waals surface area contributed by atoms with E-state index in [-0.39, 0.29) is 16.7 Å². The van der Waals surface area contributed by atoms with Crippen molar-refractivity contribution in [3.63, 3.8) is 0 Å². The third-order valence-corrected chi connectivity index (χ3v) is 11.0. The van der Waals surface area contributed by atoms with Gasteiger partial charge >= 0.3 is 0 Å². The second-order valence-corrected chi connectivity index (χ2v) is 14.1. The van der Waals surface area contributed by atoms with E-state index in [0.29, 0.717) is 42.3 Å². The molecule has 3 heterocycles. The standard InChI is InChI=1S/C32H40N4O4S2/c1-3-17-35(18-4-2)32(38)29-27-16-21-34(22-24-10-6-5-7-11-24)23-28(27)41-31(29)33-30(37)25-12-14-26(15-13-25)42(39,40)36-19-8-9-20-36/h5-7,10-15H,3-4,8-9,16-23H2,1-2H3,(H,33,37). The van der Waals surface area contributed by atoms with Gasteiger partial charge in [-0.15, -0.1) is 11.3 Å². The Kier molecular flexibility index (Phi) is 9.77. The highest BCUT2D eigenvalue weighted by molar-refractivity contribution is 7.89. The van der Waals surface area contributed by atoms with Gasteiger partial charge in [0.25, 0.3) is 11.8 Å². The Morgan fingerprint density at radius 3 is 2.24 bits per heavy atom. The highest BCUT2D eigenvalue weighted by atomic mass is 32.2. The number of hydrogen-bond donors (Lipinski definition) is 1. The van der Waals surface area contributed by atoms with Crippen molar-refractivity contribution in [1.82, 2.24) is 14.1 Å². The molecule has 10 heteroatoms. The highest BCUT2D eigenvalue weighted by Gasteiger charge is 2.31. The van der Waals surface area contributed by atoms with E-state index in [1.165, 1.54) is 33.3 Å². The molecule has 2 aliphatic heterocycles. The van der Waals surface area contributed by atoms with Crippen LogP contribution < -0.4 is 5.32 Å². The summed E-state index contributed by atoms with van der Waals surface area (Å²) in [5, 5.41) is 3.61. The predicted octanol–water partition coefficient (Wildman–Crippen LogP) is 5.61. The number of amides is 2. The summed E-state index contributed by atoms with van der Waals surface area (Å²) in [7, 11) is -3.56. The number of sulfonamides is 1. The van der Waals surface area contributed by atoms with Crippen LogP contribution in [-0.2, 0) is 29.5 Å². The molecule has 0 aliphatic carbocycles. The smallest absolute Gasteiger partial charge is 0.257 e. The van der Waals surface area contributed by atoms with Gasteiger partial charge in [0.15, 0.2) is 0 Å². The molecule has 5 rings (SSSR count). The fourth-order valence-electron chi connectivity index (χ4n) is 5.79.